The van der Waals surface area contributed by atoms with Crippen LogP contribution in [0.1, 0.15) is 36.2 Å². The molecule has 2 N–H and O–H groups in total. The van der Waals surface area contributed by atoms with Crippen LogP contribution in [0, 0.1) is 6.92 Å². The maximum atomic E-state index is 12.5. The number of thioether (sulfide) groups is 1. The van der Waals surface area contributed by atoms with Gasteiger partial charge in [-0.3, -0.25) is 20.4 Å². The average molecular weight is 424 g/mol. The van der Waals surface area contributed by atoms with E-state index in [0.717, 1.165) is 29.9 Å². The fourth-order valence-corrected chi connectivity index (χ4v) is 3.77. The van der Waals surface area contributed by atoms with Crippen LogP contribution in [-0.2, 0) is 11.3 Å². The maximum absolute atomic E-state index is 12.5. The number of aryl methyl sites for hydroxylation is 1. The Morgan fingerprint density at radius 2 is 1.83 bits per heavy atom. The SMILES string of the molecule is CCCn1c(S[C@H](C)C(=O)NNC(=O)c2ccccc2)nnc1-c1cccc(C)c1. The zero-order valence-electron chi connectivity index (χ0n) is 17.3. The molecule has 2 amide bonds. The molecule has 7 nitrogen and oxygen atoms in total. The van der Waals surface area contributed by atoms with Crippen LogP contribution in [0.2, 0.25) is 0 Å². The molecule has 156 valence electrons. The zero-order valence-corrected chi connectivity index (χ0v) is 18.1. The average Bonchev–Trinajstić information content (AvgIpc) is 3.14. The molecule has 0 saturated heterocycles. The summed E-state index contributed by atoms with van der Waals surface area (Å²) in [6.07, 6.45) is 0.915. The number of hydrogen-bond donors (Lipinski definition) is 2. The van der Waals surface area contributed by atoms with Crippen LogP contribution >= 0.6 is 11.8 Å². The molecule has 0 aliphatic rings. The Morgan fingerprint density at radius 1 is 1.07 bits per heavy atom. The molecular formula is C22H25N5O2S. The lowest BCUT2D eigenvalue weighted by Crippen LogP contribution is -2.44. The normalized spacial score (nSPS) is 11.7. The van der Waals surface area contributed by atoms with E-state index < -0.39 is 5.25 Å². The number of carbonyl (C=O) groups excluding carboxylic acids is 2. The Bertz CT molecular complexity index is 1020. The largest absolute Gasteiger partial charge is 0.302 e. The monoisotopic (exact) mass is 423 g/mol. The Morgan fingerprint density at radius 3 is 2.53 bits per heavy atom. The first-order chi connectivity index (χ1) is 14.5. The van der Waals surface area contributed by atoms with E-state index in [2.05, 4.69) is 34.0 Å². The minimum atomic E-state index is -0.466. The van der Waals surface area contributed by atoms with Gasteiger partial charge in [-0.15, -0.1) is 10.2 Å². The second kappa shape index (κ2) is 10.1. The number of hydrogen-bond acceptors (Lipinski definition) is 5. The van der Waals surface area contributed by atoms with E-state index in [1.54, 1.807) is 31.2 Å². The molecule has 1 atom stereocenters. The quantitative estimate of drug-likeness (QED) is 0.448. The third-order valence-electron chi connectivity index (χ3n) is 4.43. The molecule has 0 bridgehead atoms. The summed E-state index contributed by atoms with van der Waals surface area (Å²) < 4.78 is 2.03. The van der Waals surface area contributed by atoms with Crippen LogP contribution in [0.15, 0.2) is 59.8 Å². The first-order valence-corrected chi connectivity index (χ1v) is 10.7. The van der Waals surface area contributed by atoms with Gasteiger partial charge in [0.1, 0.15) is 0 Å². The van der Waals surface area contributed by atoms with Crippen molar-refractivity contribution < 1.29 is 9.59 Å². The van der Waals surface area contributed by atoms with Gasteiger partial charge in [0, 0.05) is 17.7 Å². The number of nitrogens with one attached hydrogen (secondary N) is 2. The van der Waals surface area contributed by atoms with E-state index >= 15 is 0 Å². The molecule has 0 unspecified atom stereocenters. The zero-order chi connectivity index (χ0) is 21.5. The van der Waals surface area contributed by atoms with Gasteiger partial charge in [-0.2, -0.15) is 0 Å². The molecule has 30 heavy (non-hydrogen) atoms. The highest BCUT2D eigenvalue weighted by Crippen LogP contribution is 2.27. The molecule has 2 aromatic carbocycles. The van der Waals surface area contributed by atoms with Crippen molar-refractivity contribution in [3.63, 3.8) is 0 Å². The molecule has 1 aromatic heterocycles. The highest BCUT2D eigenvalue weighted by Gasteiger charge is 2.21. The van der Waals surface area contributed by atoms with Crippen molar-refractivity contribution in [2.75, 3.05) is 0 Å². The van der Waals surface area contributed by atoms with Crippen molar-refractivity contribution in [1.29, 1.82) is 0 Å². The maximum Gasteiger partial charge on any atom is 0.269 e. The van der Waals surface area contributed by atoms with Crippen molar-refractivity contribution in [1.82, 2.24) is 25.6 Å². The Kier molecular flexibility index (Phi) is 7.24. The fourth-order valence-electron chi connectivity index (χ4n) is 2.89. The summed E-state index contributed by atoms with van der Waals surface area (Å²) >= 11 is 1.31. The third-order valence-corrected chi connectivity index (χ3v) is 5.51. The lowest BCUT2D eigenvalue weighted by atomic mass is 10.1. The second-order valence-corrected chi connectivity index (χ2v) is 8.20. The Balaban J connectivity index is 1.67. The van der Waals surface area contributed by atoms with E-state index in [1.807, 2.05) is 35.8 Å². The summed E-state index contributed by atoms with van der Waals surface area (Å²) in [5.74, 6) is 0.109. The Hall–Kier alpha value is -3.13. The van der Waals surface area contributed by atoms with E-state index in [1.165, 1.54) is 11.8 Å². The van der Waals surface area contributed by atoms with Crippen LogP contribution < -0.4 is 10.9 Å². The highest BCUT2D eigenvalue weighted by atomic mass is 32.2. The fraction of sp³-hybridized carbons (Fsp3) is 0.273. The lowest BCUT2D eigenvalue weighted by Gasteiger charge is -2.14. The summed E-state index contributed by atoms with van der Waals surface area (Å²) in [4.78, 5) is 24.6. The summed E-state index contributed by atoms with van der Waals surface area (Å²) in [6.45, 7) is 6.64. The van der Waals surface area contributed by atoms with Crippen molar-refractivity contribution >= 4 is 23.6 Å². The molecule has 0 fully saturated rings. The second-order valence-electron chi connectivity index (χ2n) is 6.90. The predicted octanol–water partition coefficient (Wildman–Crippen LogP) is 3.61. The number of benzene rings is 2. The van der Waals surface area contributed by atoms with Crippen LogP contribution in [0.25, 0.3) is 11.4 Å². The lowest BCUT2D eigenvalue weighted by molar-refractivity contribution is -0.121. The van der Waals surface area contributed by atoms with Gasteiger partial charge in [0.25, 0.3) is 11.8 Å². The van der Waals surface area contributed by atoms with Gasteiger partial charge in [0.05, 0.1) is 5.25 Å². The summed E-state index contributed by atoms with van der Waals surface area (Å²) in [6, 6.07) is 16.8. The molecule has 0 radical (unpaired) electrons. The van der Waals surface area contributed by atoms with Crippen LogP contribution in [0.5, 0.6) is 0 Å². The summed E-state index contributed by atoms with van der Waals surface area (Å²) in [5.41, 5.74) is 7.55. The van der Waals surface area contributed by atoms with Crippen LogP contribution in [0.3, 0.4) is 0 Å². The van der Waals surface area contributed by atoms with E-state index in [-0.39, 0.29) is 11.8 Å². The third kappa shape index (κ3) is 5.27. The molecule has 0 aliphatic carbocycles. The van der Waals surface area contributed by atoms with Gasteiger partial charge >= 0.3 is 0 Å². The van der Waals surface area contributed by atoms with E-state index in [4.69, 9.17) is 0 Å². The topological polar surface area (TPSA) is 88.9 Å². The van der Waals surface area contributed by atoms with Gasteiger partial charge in [0.2, 0.25) is 0 Å². The van der Waals surface area contributed by atoms with Gasteiger partial charge in [-0.1, -0.05) is 60.6 Å². The minimum absolute atomic E-state index is 0.313. The number of aromatic nitrogens is 3. The molecule has 8 heteroatoms. The Labute approximate surface area is 180 Å². The molecule has 1 heterocycles. The molecule has 0 aliphatic heterocycles. The number of nitrogens with zero attached hydrogens (tertiary/aromatic N) is 3. The van der Waals surface area contributed by atoms with Crippen molar-refractivity contribution in [3.8, 4) is 11.4 Å². The number of hydrazine groups is 1. The molecule has 0 saturated carbocycles. The predicted molar refractivity (Wildman–Crippen MR) is 118 cm³/mol. The van der Waals surface area contributed by atoms with Crippen LogP contribution in [0.4, 0.5) is 0 Å². The smallest absolute Gasteiger partial charge is 0.269 e. The molecule has 3 aromatic rings. The first-order valence-electron chi connectivity index (χ1n) is 9.81. The number of rotatable bonds is 7. The number of amides is 2. The molecular weight excluding hydrogens is 398 g/mol. The van der Waals surface area contributed by atoms with Gasteiger partial charge in [-0.25, -0.2) is 0 Å². The van der Waals surface area contributed by atoms with E-state index in [9.17, 15) is 9.59 Å². The van der Waals surface area contributed by atoms with E-state index in [0.29, 0.717) is 10.7 Å². The summed E-state index contributed by atoms with van der Waals surface area (Å²) in [7, 11) is 0. The van der Waals surface area contributed by atoms with Crippen molar-refractivity contribution in [3.05, 3.63) is 65.7 Å². The first kappa shape index (κ1) is 21.6. The van der Waals surface area contributed by atoms with Crippen LogP contribution in [-0.4, -0.2) is 31.8 Å². The highest BCUT2D eigenvalue weighted by molar-refractivity contribution is 8.00. The molecule has 0 spiro atoms. The minimum Gasteiger partial charge on any atom is -0.302 e. The number of carbonyl (C=O) groups is 2. The molecule has 3 rings (SSSR count). The van der Waals surface area contributed by atoms with Gasteiger partial charge < -0.3 is 4.57 Å². The summed E-state index contributed by atoms with van der Waals surface area (Å²) in [5, 5.41) is 8.88. The van der Waals surface area contributed by atoms with Crippen molar-refractivity contribution in [2.24, 2.45) is 0 Å². The van der Waals surface area contributed by atoms with Gasteiger partial charge in [0.15, 0.2) is 11.0 Å². The van der Waals surface area contributed by atoms with Crippen molar-refractivity contribution in [2.45, 2.75) is 44.1 Å². The van der Waals surface area contributed by atoms with Gasteiger partial charge in [-0.05, 0) is 38.5 Å². The standard InChI is InChI=1S/C22H25N5O2S/c1-4-13-27-19(18-12-8-9-15(2)14-18)23-26-22(27)30-16(3)20(28)24-25-21(29)17-10-6-5-7-11-17/h5-12,14,16H,4,13H2,1-3H3,(H,24,28)(H,25,29)/t16-/m1/s1.